The fraction of sp³-hybridized carbons (Fsp3) is 0.412. The van der Waals surface area contributed by atoms with Crippen LogP contribution in [-0.2, 0) is 9.59 Å². The molecule has 1 saturated heterocycles. The van der Waals surface area contributed by atoms with Crippen LogP contribution in [0.2, 0.25) is 0 Å². The van der Waals surface area contributed by atoms with Gasteiger partial charge in [0, 0.05) is 12.8 Å². The number of nitrogens with one attached hydrogen (secondary N) is 1. The zero-order valence-electron chi connectivity index (χ0n) is 14.6. The van der Waals surface area contributed by atoms with Crippen LogP contribution in [0.15, 0.2) is 29.3 Å². The number of amides is 4. The number of carbonyl (C=O) groups excluding carboxylic acids is 3. The molecule has 2 rings (SSSR count). The molecule has 4 amide bonds. The third-order valence-corrected chi connectivity index (χ3v) is 3.68. The summed E-state index contributed by atoms with van der Waals surface area (Å²) in [5.41, 5.74) is 0.363. The number of urea groups is 1. The molecule has 1 unspecified atom stereocenters. The second-order valence-corrected chi connectivity index (χ2v) is 5.86. The number of rotatable bonds is 7. The number of hydrogen-bond acceptors (Lipinski definition) is 6. The van der Waals surface area contributed by atoms with Crippen molar-refractivity contribution in [1.29, 1.82) is 0 Å². The molecule has 0 saturated carbocycles. The van der Waals surface area contributed by atoms with Crippen LogP contribution >= 0.6 is 0 Å². The first-order chi connectivity index (χ1) is 11.9. The fourth-order valence-corrected chi connectivity index (χ4v) is 2.36. The van der Waals surface area contributed by atoms with Crippen LogP contribution in [0.1, 0.15) is 6.42 Å². The summed E-state index contributed by atoms with van der Waals surface area (Å²) in [4.78, 5) is 43.7. The smallest absolute Gasteiger partial charge is 0.335 e. The predicted molar refractivity (Wildman–Crippen MR) is 94.0 cm³/mol. The lowest BCUT2D eigenvalue weighted by Gasteiger charge is -2.28. The molecule has 25 heavy (non-hydrogen) atoms. The van der Waals surface area contributed by atoms with E-state index in [4.69, 9.17) is 4.74 Å². The molecule has 1 aliphatic rings. The second kappa shape index (κ2) is 8.39. The number of benzene rings is 1. The highest BCUT2D eigenvalue weighted by molar-refractivity contribution is 6.32. The topological polar surface area (TPSA) is 91.3 Å². The summed E-state index contributed by atoms with van der Waals surface area (Å²) in [7, 11) is 5.44. The van der Waals surface area contributed by atoms with Gasteiger partial charge < -0.3 is 9.64 Å². The van der Waals surface area contributed by atoms with E-state index in [0.29, 0.717) is 18.0 Å². The van der Waals surface area contributed by atoms with E-state index in [1.807, 2.05) is 19.0 Å². The molecule has 0 radical (unpaired) electrons. The maximum absolute atomic E-state index is 12.6. The zero-order chi connectivity index (χ0) is 18.4. The van der Waals surface area contributed by atoms with Crippen molar-refractivity contribution < 1.29 is 19.1 Å². The number of imide groups is 2. The highest BCUT2D eigenvalue weighted by Crippen LogP contribution is 2.23. The quantitative estimate of drug-likeness (QED) is 0.450. The Bertz CT molecular complexity index is 670. The van der Waals surface area contributed by atoms with Gasteiger partial charge in [0.05, 0.1) is 12.8 Å². The summed E-state index contributed by atoms with van der Waals surface area (Å²) in [6.07, 6.45) is 2.13. The van der Waals surface area contributed by atoms with Gasteiger partial charge in [0.15, 0.2) is 5.92 Å². The van der Waals surface area contributed by atoms with Gasteiger partial charge in [-0.2, -0.15) is 0 Å². The molecular weight excluding hydrogens is 324 g/mol. The Morgan fingerprint density at radius 1 is 1.24 bits per heavy atom. The minimum absolute atomic E-state index is 0.363. The molecule has 0 spiro atoms. The Labute approximate surface area is 146 Å². The van der Waals surface area contributed by atoms with E-state index >= 15 is 0 Å². The van der Waals surface area contributed by atoms with Gasteiger partial charge in [0.2, 0.25) is 5.91 Å². The molecule has 1 aliphatic heterocycles. The van der Waals surface area contributed by atoms with Crippen LogP contribution in [0.25, 0.3) is 0 Å². The Balaban J connectivity index is 2.10. The van der Waals surface area contributed by atoms with Gasteiger partial charge in [-0.25, -0.2) is 9.69 Å². The average molecular weight is 346 g/mol. The number of aliphatic imine (C=N–C) groups is 1. The van der Waals surface area contributed by atoms with Gasteiger partial charge in [-0.15, -0.1) is 0 Å². The number of barbiturate groups is 1. The molecular formula is C17H22N4O4. The Kier molecular flexibility index (Phi) is 6.24. The number of nitrogens with zero attached hydrogens (tertiary/aromatic N) is 3. The van der Waals surface area contributed by atoms with Crippen LogP contribution in [0.4, 0.5) is 10.5 Å². The van der Waals surface area contributed by atoms with E-state index < -0.39 is 23.8 Å². The third kappa shape index (κ3) is 4.63. The highest BCUT2D eigenvalue weighted by Gasteiger charge is 2.40. The van der Waals surface area contributed by atoms with Crippen LogP contribution in [0.3, 0.4) is 0 Å². The summed E-state index contributed by atoms with van der Waals surface area (Å²) >= 11 is 0. The Morgan fingerprint density at radius 2 is 1.92 bits per heavy atom. The number of carbonyl (C=O) groups is 3. The zero-order valence-corrected chi connectivity index (χ0v) is 14.6. The first kappa shape index (κ1) is 18.6. The van der Waals surface area contributed by atoms with Crippen LogP contribution < -0.4 is 15.0 Å². The van der Waals surface area contributed by atoms with Gasteiger partial charge in [0.1, 0.15) is 5.75 Å². The largest absolute Gasteiger partial charge is 0.497 e. The molecule has 134 valence electrons. The van der Waals surface area contributed by atoms with Crippen LogP contribution in [0.5, 0.6) is 5.75 Å². The lowest BCUT2D eigenvalue weighted by Crippen LogP contribution is -2.58. The molecule has 1 N–H and O–H groups in total. The monoisotopic (exact) mass is 346 g/mol. The molecule has 8 heteroatoms. The summed E-state index contributed by atoms with van der Waals surface area (Å²) < 4.78 is 5.06. The fourth-order valence-electron chi connectivity index (χ4n) is 2.36. The van der Waals surface area contributed by atoms with E-state index in [0.717, 1.165) is 17.9 Å². The molecule has 1 aromatic carbocycles. The van der Waals surface area contributed by atoms with Crippen LogP contribution in [0, 0.1) is 5.92 Å². The van der Waals surface area contributed by atoms with Crippen molar-refractivity contribution >= 4 is 29.7 Å². The highest BCUT2D eigenvalue weighted by atomic mass is 16.5. The van der Waals surface area contributed by atoms with Gasteiger partial charge in [-0.05, 0) is 51.3 Å². The number of anilines is 1. The van der Waals surface area contributed by atoms with Crippen molar-refractivity contribution in [3.63, 3.8) is 0 Å². The molecule has 0 aromatic heterocycles. The summed E-state index contributed by atoms with van der Waals surface area (Å²) in [5.74, 6) is -1.78. The van der Waals surface area contributed by atoms with E-state index in [1.165, 1.54) is 13.3 Å². The maximum Gasteiger partial charge on any atom is 0.335 e. The Morgan fingerprint density at radius 3 is 2.52 bits per heavy atom. The minimum atomic E-state index is -1.11. The normalized spacial score (nSPS) is 18.2. The molecule has 8 nitrogen and oxygen atoms in total. The van der Waals surface area contributed by atoms with Crippen molar-refractivity contribution in [2.24, 2.45) is 10.9 Å². The number of methoxy groups -OCH3 is 1. The molecule has 0 aliphatic carbocycles. The Hall–Kier alpha value is -2.74. The van der Waals surface area contributed by atoms with Crippen LogP contribution in [-0.4, -0.2) is 63.3 Å². The number of hydrogen-bond donors (Lipinski definition) is 1. The van der Waals surface area contributed by atoms with E-state index in [1.54, 1.807) is 24.3 Å². The van der Waals surface area contributed by atoms with Crippen molar-refractivity contribution in [3.05, 3.63) is 24.3 Å². The first-order valence-corrected chi connectivity index (χ1v) is 7.91. The third-order valence-electron chi connectivity index (χ3n) is 3.68. The molecule has 0 bridgehead atoms. The molecule has 1 heterocycles. The van der Waals surface area contributed by atoms with E-state index in [2.05, 4.69) is 10.3 Å². The summed E-state index contributed by atoms with van der Waals surface area (Å²) in [6, 6.07) is 5.67. The lowest BCUT2D eigenvalue weighted by atomic mass is 10.1. The second-order valence-electron chi connectivity index (χ2n) is 5.86. The van der Waals surface area contributed by atoms with Gasteiger partial charge in [-0.3, -0.25) is 19.9 Å². The molecule has 1 aromatic rings. The SMILES string of the molecule is COc1ccc(N2C(=O)NC(=O)C(C=NCCCN(C)C)C2=O)cc1. The summed E-state index contributed by atoms with van der Waals surface area (Å²) in [5, 5.41) is 2.19. The van der Waals surface area contributed by atoms with Crippen molar-refractivity contribution in [2.75, 3.05) is 39.2 Å². The standard InChI is InChI=1S/C17H22N4O4/c1-20(2)10-4-9-18-11-14-15(22)19-17(24)21(16(14)23)12-5-7-13(25-3)8-6-12/h5-8,11,14H,4,9-10H2,1-3H3,(H,19,22,24). The van der Waals surface area contributed by atoms with Crippen molar-refractivity contribution in [1.82, 2.24) is 10.2 Å². The molecule has 1 fully saturated rings. The summed E-state index contributed by atoms with van der Waals surface area (Å²) in [6.45, 7) is 1.37. The number of ether oxygens (including phenoxy) is 1. The van der Waals surface area contributed by atoms with Gasteiger partial charge >= 0.3 is 6.03 Å². The van der Waals surface area contributed by atoms with E-state index in [9.17, 15) is 14.4 Å². The van der Waals surface area contributed by atoms with Crippen molar-refractivity contribution in [3.8, 4) is 5.75 Å². The molecule has 1 atom stereocenters. The lowest BCUT2D eigenvalue weighted by molar-refractivity contribution is -0.131. The van der Waals surface area contributed by atoms with Gasteiger partial charge in [-0.1, -0.05) is 0 Å². The van der Waals surface area contributed by atoms with Crippen molar-refractivity contribution in [2.45, 2.75) is 6.42 Å². The predicted octanol–water partition coefficient (Wildman–Crippen LogP) is 0.917. The first-order valence-electron chi connectivity index (χ1n) is 7.91. The van der Waals surface area contributed by atoms with E-state index in [-0.39, 0.29) is 0 Å². The van der Waals surface area contributed by atoms with Gasteiger partial charge in [0.25, 0.3) is 5.91 Å². The minimum Gasteiger partial charge on any atom is -0.497 e. The maximum atomic E-state index is 12.6. The average Bonchev–Trinajstić information content (AvgIpc) is 2.57.